The topological polar surface area (TPSA) is 44.5 Å². The zero-order valence-electron chi connectivity index (χ0n) is 10.1. The Morgan fingerprint density at radius 2 is 1.53 bits per heavy atom. The van der Waals surface area contributed by atoms with E-state index in [0.717, 1.165) is 10.2 Å². The number of benzene rings is 2. The molecule has 0 aliphatic heterocycles. The molecule has 0 fully saturated rings. The molecular weight excluding hydrogens is 330 g/mol. The van der Waals surface area contributed by atoms with E-state index in [1.165, 1.54) is 0 Å². The summed E-state index contributed by atoms with van der Waals surface area (Å²) in [5.74, 6) is 1.49. The van der Waals surface area contributed by atoms with Gasteiger partial charge in [0.2, 0.25) is 0 Å². The zero-order chi connectivity index (χ0) is 13.7. The molecule has 19 heavy (non-hydrogen) atoms. The molecule has 100 valence electrons. The highest BCUT2D eigenvalue weighted by atomic mass is 79.9. The van der Waals surface area contributed by atoms with Crippen LogP contribution in [0.3, 0.4) is 0 Å². The van der Waals surface area contributed by atoms with Crippen molar-refractivity contribution in [3.05, 3.63) is 52.0 Å². The van der Waals surface area contributed by atoms with Gasteiger partial charge in [0.1, 0.15) is 24.7 Å². The Morgan fingerprint density at radius 1 is 0.947 bits per heavy atom. The summed E-state index contributed by atoms with van der Waals surface area (Å²) in [6, 6.07) is 12.8. The molecule has 0 heterocycles. The lowest BCUT2D eigenvalue weighted by atomic mass is 10.3. The van der Waals surface area contributed by atoms with Gasteiger partial charge in [0.05, 0.1) is 10.7 Å². The predicted molar refractivity (Wildman–Crippen MR) is 81.0 cm³/mol. The van der Waals surface area contributed by atoms with Crippen LogP contribution < -0.4 is 15.2 Å². The van der Waals surface area contributed by atoms with Gasteiger partial charge in [-0.05, 0) is 36.4 Å². The van der Waals surface area contributed by atoms with Gasteiger partial charge in [0.15, 0.2) is 0 Å². The van der Waals surface area contributed by atoms with Crippen LogP contribution >= 0.6 is 27.5 Å². The Bertz CT molecular complexity index is 546. The van der Waals surface area contributed by atoms with Crippen molar-refractivity contribution in [3.8, 4) is 11.5 Å². The van der Waals surface area contributed by atoms with E-state index in [0.29, 0.717) is 29.7 Å². The summed E-state index contributed by atoms with van der Waals surface area (Å²) in [5.41, 5.74) is 6.16. The fourth-order valence-electron chi connectivity index (χ4n) is 1.45. The van der Waals surface area contributed by atoms with Gasteiger partial charge in [-0.1, -0.05) is 27.5 Å². The number of nitrogens with two attached hydrogens (primary N) is 1. The number of hydrogen-bond acceptors (Lipinski definition) is 3. The van der Waals surface area contributed by atoms with E-state index in [1.807, 2.05) is 24.3 Å². The van der Waals surface area contributed by atoms with E-state index in [1.54, 1.807) is 18.2 Å². The highest BCUT2D eigenvalue weighted by Gasteiger charge is 2.00. The first kappa shape index (κ1) is 14.0. The van der Waals surface area contributed by atoms with Crippen molar-refractivity contribution in [2.45, 2.75) is 0 Å². The second kappa shape index (κ2) is 6.68. The van der Waals surface area contributed by atoms with Gasteiger partial charge in [-0.2, -0.15) is 0 Å². The second-order valence-electron chi connectivity index (χ2n) is 3.83. The van der Waals surface area contributed by atoms with Gasteiger partial charge >= 0.3 is 0 Å². The SMILES string of the molecule is Nc1ccc(OCCOc2ccc(Br)cc2)cc1Cl. The van der Waals surface area contributed by atoms with Crippen molar-refractivity contribution < 1.29 is 9.47 Å². The first-order valence-corrected chi connectivity index (χ1v) is 6.88. The molecule has 0 amide bonds. The van der Waals surface area contributed by atoms with Crippen LogP contribution in [0.5, 0.6) is 11.5 Å². The van der Waals surface area contributed by atoms with Crippen molar-refractivity contribution in [1.82, 2.24) is 0 Å². The van der Waals surface area contributed by atoms with Gasteiger partial charge in [-0.3, -0.25) is 0 Å². The predicted octanol–water partition coefficient (Wildman–Crippen LogP) is 4.14. The third kappa shape index (κ3) is 4.33. The molecule has 0 radical (unpaired) electrons. The zero-order valence-corrected chi connectivity index (χ0v) is 12.4. The number of anilines is 1. The lowest BCUT2D eigenvalue weighted by Crippen LogP contribution is -2.09. The molecule has 0 atom stereocenters. The van der Waals surface area contributed by atoms with Crippen LogP contribution in [0, 0.1) is 0 Å². The van der Waals surface area contributed by atoms with Crippen LogP contribution in [0.2, 0.25) is 5.02 Å². The normalized spacial score (nSPS) is 10.2. The first-order valence-electron chi connectivity index (χ1n) is 5.71. The maximum absolute atomic E-state index is 5.90. The summed E-state index contributed by atoms with van der Waals surface area (Å²) < 4.78 is 12.1. The van der Waals surface area contributed by atoms with Crippen molar-refractivity contribution in [3.63, 3.8) is 0 Å². The van der Waals surface area contributed by atoms with E-state index in [9.17, 15) is 0 Å². The molecule has 0 spiro atoms. The van der Waals surface area contributed by atoms with Crippen molar-refractivity contribution in [1.29, 1.82) is 0 Å². The molecule has 0 unspecified atom stereocenters. The molecule has 0 aliphatic rings. The van der Waals surface area contributed by atoms with Crippen LogP contribution in [0.4, 0.5) is 5.69 Å². The van der Waals surface area contributed by atoms with Gasteiger partial charge in [-0.15, -0.1) is 0 Å². The van der Waals surface area contributed by atoms with Crippen LogP contribution in [-0.4, -0.2) is 13.2 Å². The van der Waals surface area contributed by atoms with E-state index in [4.69, 9.17) is 26.8 Å². The van der Waals surface area contributed by atoms with Crippen LogP contribution in [-0.2, 0) is 0 Å². The highest BCUT2D eigenvalue weighted by molar-refractivity contribution is 9.10. The van der Waals surface area contributed by atoms with Crippen molar-refractivity contribution >= 4 is 33.2 Å². The molecule has 3 nitrogen and oxygen atoms in total. The fourth-order valence-corrected chi connectivity index (χ4v) is 1.88. The minimum absolute atomic E-state index is 0.441. The number of ether oxygens (including phenoxy) is 2. The lowest BCUT2D eigenvalue weighted by molar-refractivity contribution is 0.217. The Balaban J connectivity index is 1.77. The van der Waals surface area contributed by atoms with Gasteiger partial charge < -0.3 is 15.2 Å². The van der Waals surface area contributed by atoms with Gasteiger partial charge in [0, 0.05) is 10.5 Å². The molecule has 2 N–H and O–H groups in total. The number of halogens is 2. The van der Waals surface area contributed by atoms with Gasteiger partial charge in [0.25, 0.3) is 0 Å². The number of rotatable bonds is 5. The van der Waals surface area contributed by atoms with Crippen molar-refractivity contribution in [2.24, 2.45) is 0 Å². The molecule has 2 aromatic carbocycles. The van der Waals surface area contributed by atoms with Gasteiger partial charge in [-0.25, -0.2) is 0 Å². The van der Waals surface area contributed by atoms with Crippen molar-refractivity contribution in [2.75, 3.05) is 18.9 Å². The van der Waals surface area contributed by atoms with Crippen LogP contribution in [0.1, 0.15) is 0 Å². The first-order chi connectivity index (χ1) is 9.15. The summed E-state index contributed by atoms with van der Waals surface area (Å²) in [7, 11) is 0. The summed E-state index contributed by atoms with van der Waals surface area (Å²) in [6.45, 7) is 0.903. The summed E-state index contributed by atoms with van der Waals surface area (Å²) in [4.78, 5) is 0. The van der Waals surface area contributed by atoms with E-state index < -0.39 is 0 Å². The largest absolute Gasteiger partial charge is 0.490 e. The molecule has 2 aromatic rings. The molecular formula is C14H13BrClNO2. The molecule has 0 bridgehead atoms. The maximum Gasteiger partial charge on any atom is 0.122 e. The second-order valence-corrected chi connectivity index (χ2v) is 5.16. The minimum Gasteiger partial charge on any atom is -0.490 e. The molecule has 0 saturated carbocycles. The summed E-state index contributed by atoms with van der Waals surface area (Å²) in [6.07, 6.45) is 0. The Hall–Kier alpha value is -1.39. The third-order valence-electron chi connectivity index (χ3n) is 2.41. The average molecular weight is 343 g/mol. The Morgan fingerprint density at radius 3 is 2.16 bits per heavy atom. The maximum atomic E-state index is 5.90. The van der Waals surface area contributed by atoms with Crippen LogP contribution in [0.15, 0.2) is 46.9 Å². The lowest BCUT2D eigenvalue weighted by Gasteiger charge is -2.09. The Labute approximate surface area is 125 Å². The number of nitrogen functional groups attached to an aromatic ring is 1. The summed E-state index contributed by atoms with van der Waals surface area (Å²) in [5, 5.41) is 0.492. The molecule has 0 aromatic heterocycles. The molecule has 2 rings (SSSR count). The Kier molecular flexibility index (Phi) is 4.93. The standard InChI is InChI=1S/C14H13BrClNO2/c15-10-1-3-11(4-2-10)18-7-8-19-12-5-6-14(17)13(16)9-12/h1-6,9H,7-8,17H2. The molecule has 0 aliphatic carbocycles. The highest BCUT2D eigenvalue weighted by Crippen LogP contribution is 2.24. The molecule has 0 saturated heterocycles. The van der Waals surface area contributed by atoms with E-state index in [-0.39, 0.29) is 0 Å². The summed E-state index contributed by atoms with van der Waals surface area (Å²) >= 11 is 9.26. The number of hydrogen-bond donors (Lipinski definition) is 1. The van der Waals surface area contributed by atoms with E-state index in [2.05, 4.69) is 15.9 Å². The molecule has 5 heteroatoms. The fraction of sp³-hybridized carbons (Fsp3) is 0.143. The monoisotopic (exact) mass is 341 g/mol. The van der Waals surface area contributed by atoms with Crippen LogP contribution in [0.25, 0.3) is 0 Å². The van der Waals surface area contributed by atoms with E-state index >= 15 is 0 Å². The quantitative estimate of drug-likeness (QED) is 0.656. The third-order valence-corrected chi connectivity index (χ3v) is 3.26. The smallest absolute Gasteiger partial charge is 0.122 e. The average Bonchev–Trinajstić information content (AvgIpc) is 2.41. The minimum atomic E-state index is 0.441.